The van der Waals surface area contributed by atoms with Crippen LogP contribution in [0, 0.1) is 11.8 Å². The van der Waals surface area contributed by atoms with Crippen LogP contribution in [-0.4, -0.2) is 40.3 Å². The van der Waals surface area contributed by atoms with E-state index in [1.807, 2.05) is 24.0 Å². The Bertz CT molecular complexity index is 469. The number of nitrogens with one attached hydrogen (secondary N) is 1. The van der Waals surface area contributed by atoms with Gasteiger partial charge >= 0.3 is 0 Å². The highest BCUT2D eigenvalue weighted by atomic mass is 127. The molecule has 5 nitrogen and oxygen atoms in total. The number of likely N-dealkylation sites (tertiary alicyclic amines) is 1. The van der Waals surface area contributed by atoms with Crippen molar-refractivity contribution in [2.24, 2.45) is 23.9 Å². The summed E-state index contributed by atoms with van der Waals surface area (Å²) < 4.78 is 1.89. The topological polar surface area (TPSA) is 45.5 Å². The maximum Gasteiger partial charge on any atom is 0.194 e. The molecule has 0 bridgehead atoms. The van der Waals surface area contributed by atoms with Crippen LogP contribution in [0.2, 0.25) is 0 Å². The Hall–Kier alpha value is -0.790. The van der Waals surface area contributed by atoms with E-state index in [-0.39, 0.29) is 24.0 Å². The largest absolute Gasteiger partial charge is 0.357 e. The summed E-state index contributed by atoms with van der Waals surface area (Å²) in [4.78, 5) is 7.19. The minimum Gasteiger partial charge on any atom is -0.357 e. The summed E-state index contributed by atoms with van der Waals surface area (Å²) in [5.41, 5.74) is 1.14. The lowest BCUT2D eigenvalue weighted by Gasteiger charge is -2.22. The molecule has 1 aromatic rings. The van der Waals surface area contributed by atoms with Crippen molar-refractivity contribution in [3.8, 4) is 0 Å². The molecule has 1 aliphatic heterocycles. The number of hydrogen-bond donors (Lipinski definition) is 1. The van der Waals surface area contributed by atoms with Crippen LogP contribution in [-0.2, 0) is 13.6 Å². The smallest absolute Gasteiger partial charge is 0.194 e. The number of aromatic nitrogens is 2. The van der Waals surface area contributed by atoms with Gasteiger partial charge in [0.05, 0.1) is 12.2 Å². The second kappa shape index (κ2) is 9.37. The third kappa shape index (κ3) is 5.44. The van der Waals surface area contributed by atoms with E-state index in [2.05, 4.69) is 36.1 Å². The zero-order valence-electron chi connectivity index (χ0n) is 14.2. The van der Waals surface area contributed by atoms with Gasteiger partial charge in [0, 0.05) is 32.9 Å². The average Bonchev–Trinajstić information content (AvgIpc) is 3.03. The van der Waals surface area contributed by atoms with Crippen molar-refractivity contribution in [1.82, 2.24) is 20.0 Å². The van der Waals surface area contributed by atoms with Crippen molar-refractivity contribution in [2.45, 2.75) is 40.2 Å². The third-order valence-corrected chi connectivity index (χ3v) is 4.04. The molecule has 1 N–H and O–H groups in total. The number of aliphatic imine (C=N–C) groups is 1. The van der Waals surface area contributed by atoms with E-state index in [4.69, 9.17) is 4.99 Å². The number of aryl methyl sites for hydroxylation is 1. The summed E-state index contributed by atoms with van der Waals surface area (Å²) in [5, 5.41) is 7.62. The lowest BCUT2D eigenvalue weighted by Crippen LogP contribution is -2.40. The molecule has 126 valence electrons. The van der Waals surface area contributed by atoms with Crippen LogP contribution in [0.5, 0.6) is 0 Å². The van der Waals surface area contributed by atoms with Crippen molar-refractivity contribution in [3.05, 3.63) is 18.0 Å². The number of nitrogens with zero attached hydrogens (tertiary/aromatic N) is 4. The molecule has 1 atom stereocenters. The normalized spacial score (nSPS) is 18.7. The lowest BCUT2D eigenvalue weighted by atomic mass is 9.97. The minimum absolute atomic E-state index is 0. The third-order valence-electron chi connectivity index (χ3n) is 4.04. The fraction of sp³-hybridized carbons (Fsp3) is 0.750. The number of rotatable bonds is 5. The van der Waals surface area contributed by atoms with E-state index in [0.29, 0.717) is 6.54 Å². The monoisotopic (exact) mass is 419 g/mol. The van der Waals surface area contributed by atoms with E-state index in [1.165, 1.54) is 12.8 Å². The minimum atomic E-state index is 0. The second-order valence-electron chi connectivity index (χ2n) is 6.35. The molecule has 2 rings (SSSR count). The van der Waals surface area contributed by atoms with E-state index in [9.17, 15) is 0 Å². The molecule has 1 unspecified atom stereocenters. The standard InChI is InChI=1S/C16H29N5.HI/c1-5-17-16(18-11-15-6-8-19-20(15)4)21-9-7-14(12-21)10-13(2)3;/h6,8,13-14H,5,7,9-12H2,1-4H3,(H,17,18);1H. The van der Waals surface area contributed by atoms with Crippen LogP contribution in [0.3, 0.4) is 0 Å². The highest BCUT2D eigenvalue weighted by molar-refractivity contribution is 14.0. The van der Waals surface area contributed by atoms with E-state index in [1.54, 1.807) is 0 Å². The molecule has 1 fully saturated rings. The quantitative estimate of drug-likeness (QED) is 0.454. The first-order valence-corrected chi connectivity index (χ1v) is 8.10. The van der Waals surface area contributed by atoms with Gasteiger partial charge in [-0.3, -0.25) is 4.68 Å². The van der Waals surface area contributed by atoms with E-state index < -0.39 is 0 Å². The zero-order valence-corrected chi connectivity index (χ0v) is 16.6. The zero-order chi connectivity index (χ0) is 15.2. The van der Waals surface area contributed by atoms with Gasteiger partial charge in [0.2, 0.25) is 0 Å². The van der Waals surface area contributed by atoms with Crippen LogP contribution in [0.4, 0.5) is 0 Å². The Kier molecular flexibility index (Phi) is 8.20. The summed E-state index contributed by atoms with van der Waals surface area (Å²) in [7, 11) is 1.96. The Morgan fingerprint density at radius 1 is 1.50 bits per heavy atom. The first-order chi connectivity index (χ1) is 10.1. The number of hydrogen-bond acceptors (Lipinski definition) is 2. The molecule has 0 radical (unpaired) electrons. The molecule has 2 heterocycles. The summed E-state index contributed by atoms with van der Waals surface area (Å²) in [6, 6.07) is 2.03. The van der Waals surface area contributed by atoms with Gasteiger partial charge in [0.25, 0.3) is 0 Å². The molecule has 0 aliphatic carbocycles. The van der Waals surface area contributed by atoms with Crippen molar-refractivity contribution >= 4 is 29.9 Å². The number of halogens is 1. The molecule has 1 saturated heterocycles. The van der Waals surface area contributed by atoms with Crippen molar-refractivity contribution in [1.29, 1.82) is 0 Å². The highest BCUT2D eigenvalue weighted by Crippen LogP contribution is 2.23. The molecule has 1 aromatic heterocycles. The summed E-state index contributed by atoms with van der Waals surface area (Å²) in [6.45, 7) is 10.6. The predicted molar refractivity (Wildman–Crippen MR) is 103 cm³/mol. The molecular weight excluding hydrogens is 389 g/mol. The van der Waals surface area contributed by atoms with Crippen molar-refractivity contribution in [3.63, 3.8) is 0 Å². The van der Waals surface area contributed by atoms with Crippen LogP contribution in [0.25, 0.3) is 0 Å². The van der Waals surface area contributed by atoms with Gasteiger partial charge in [-0.2, -0.15) is 5.10 Å². The Labute approximate surface area is 151 Å². The Balaban J connectivity index is 0.00000242. The fourth-order valence-electron chi connectivity index (χ4n) is 3.02. The van der Waals surface area contributed by atoms with Crippen molar-refractivity contribution in [2.75, 3.05) is 19.6 Å². The van der Waals surface area contributed by atoms with Gasteiger partial charge < -0.3 is 10.2 Å². The molecule has 0 amide bonds. The molecule has 1 aliphatic rings. The maximum atomic E-state index is 4.78. The van der Waals surface area contributed by atoms with Gasteiger partial charge in [0.15, 0.2) is 5.96 Å². The number of guanidine groups is 1. The second-order valence-corrected chi connectivity index (χ2v) is 6.35. The molecule has 6 heteroatoms. The first kappa shape index (κ1) is 19.3. The van der Waals surface area contributed by atoms with Crippen LogP contribution < -0.4 is 5.32 Å². The van der Waals surface area contributed by atoms with Crippen LogP contribution in [0.15, 0.2) is 17.3 Å². The Morgan fingerprint density at radius 2 is 2.27 bits per heavy atom. The van der Waals surface area contributed by atoms with Crippen LogP contribution >= 0.6 is 24.0 Å². The maximum absolute atomic E-state index is 4.78. The summed E-state index contributed by atoms with van der Waals surface area (Å²) in [5.74, 6) is 2.64. The first-order valence-electron chi connectivity index (χ1n) is 8.10. The van der Waals surface area contributed by atoms with Crippen molar-refractivity contribution < 1.29 is 0 Å². The molecule has 0 aromatic carbocycles. The predicted octanol–water partition coefficient (Wildman–Crippen LogP) is 2.87. The lowest BCUT2D eigenvalue weighted by molar-refractivity contribution is 0.403. The SMILES string of the molecule is CCNC(=NCc1ccnn1C)N1CCC(CC(C)C)C1.I. The summed E-state index contributed by atoms with van der Waals surface area (Å²) in [6.07, 6.45) is 4.43. The average molecular weight is 419 g/mol. The van der Waals surface area contributed by atoms with Crippen LogP contribution in [0.1, 0.15) is 39.3 Å². The molecule has 0 spiro atoms. The highest BCUT2D eigenvalue weighted by Gasteiger charge is 2.25. The molecular formula is C16H30IN5. The van der Waals surface area contributed by atoms with Gasteiger partial charge in [-0.05, 0) is 37.7 Å². The van der Waals surface area contributed by atoms with E-state index in [0.717, 1.165) is 43.1 Å². The van der Waals surface area contributed by atoms with Gasteiger partial charge in [-0.25, -0.2) is 4.99 Å². The Morgan fingerprint density at radius 3 is 2.86 bits per heavy atom. The fourth-order valence-corrected chi connectivity index (χ4v) is 3.02. The van der Waals surface area contributed by atoms with Gasteiger partial charge in [0.1, 0.15) is 0 Å². The summed E-state index contributed by atoms with van der Waals surface area (Å²) >= 11 is 0. The molecule has 0 saturated carbocycles. The molecule has 22 heavy (non-hydrogen) atoms. The van der Waals surface area contributed by atoms with Gasteiger partial charge in [-0.1, -0.05) is 13.8 Å². The van der Waals surface area contributed by atoms with Gasteiger partial charge in [-0.15, -0.1) is 24.0 Å². The van der Waals surface area contributed by atoms with E-state index >= 15 is 0 Å².